The summed E-state index contributed by atoms with van der Waals surface area (Å²) in [6.45, 7) is 28.0. The Bertz CT molecular complexity index is 891. The van der Waals surface area contributed by atoms with Crippen LogP contribution >= 0.6 is 0 Å². The molecule has 2 heteroatoms. The van der Waals surface area contributed by atoms with Crippen molar-refractivity contribution in [2.24, 2.45) is 21.7 Å². The molecule has 0 aliphatic rings. The topological polar surface area (TPSA) is 18.5 Å². The summed E-state index contributed by atoms with van der Waals surface area (Å²) in [4.78, 5) is 13.4. The van der Waals surface area contributed by atoms with E-state index in [1.807, 2.05) is 0 Å². The Hall–Kier alpha value is -1.64. The van der Waals surface area contributed by atoms with Gasteiger partial charge in [0.15, 0.2) is 0 Å². The average molecular weight is 523 g/mol. The molecule has 0 N–H and O–H groups in total. The van der Waals surface area contributed by atoms with Crippen LogP contribution in [0.1, 0.15) is 133 Å². The zero-order valence-electron chi connectivity index (χ0n) is 26.8. The van der Waals surface area contributed by atoms with Crippen LogP contribution in [0.3, 0.4) is 0 Å². The summed E-state index contributed by atoms with van der Waals surface area (Å²) in [5.41, 5.74) is 1.83. The third-order valence-corrected chi connectivity index (χ3v) is 8.64. The normalized spacial score (nSPS) is 16.6. The summed E-state index contributed by atoms with van der Waals surface area (Å²) in [6, 6.07) is 21.3. The Labute approximate surface area is 235 Å². The molecule has 0 saturated heterocycles. The molecule has 2 nitrogen and oxygen atoms in total. The highest BCUT2D eigenvalue weighted by Gasteiger charge is 2.43. The summed E-state index contributed by atoms with van der Waals surface area (Å²) in [5.74, 6) is 0. The second kappa shape index (κ2) is 12.3. The highest BCUT2D eigenvalue weighted by atomic mass is 17.2. The Morgan fingerprint density at radius 3 is 0.974 bits per heavy atom. The Balaban J connectivity index is 2.44. The first kappa shape index (κ1) is 32.6. The van der Waals surface area contributed by atoms with E-state index in [-0.39, 0.29) is 21.7 Å². The van der Waals surface area contributed by atoms with E-state index < -0.39 is 11.2 Å². The van der Waals surface area contributed by atoms with E-state index in [0.29, 0.717) is 0 Å². The van der Waals surface area contributed by atoms with Crippen LogP contribution in [-0.4, -0.2) is 0 Å². The Kier molecular flexibility index (Phi) is 10.5. The molecule has 214 valence electrons. The van der Waals surface area contributed by atoms with E-state index >= 15 is 0 Å². The van der Waals surface area contributed by atoms with Crippen molar-refractivity contribution >= 4 is 0 Å². The van der Waals surface area contributed by atoms with Crippen molar-refractivity contribution in [3.8, 4) is 0 Å². The van der Waals surface area contributed by atoms with Gasteiger partial charge >= 0.3 is 0 Å². The van der Waals surface area contributed by atoms with Crippen LogP contribution in [0.4, 0.5) is 0 Å². The standard InChI is InChI=1S/C36H58O2/c1-13-31(3,4)25-33(7,8)27-35(11,29-21-17-15-18-22-29)37-38-36(12,30-23-19-16-20-24-30)28-34(9,10)26-32(5,6)14-2/h15-24H,13-14,25-28H2,1-12H3. The average Bonchev–Trinajstić information content (AvgIpc) is 2.82. The molecule has 0 amide bonds. The molecule has 2 rings (SSSR count). The van der Waals surface area contributed by atoms with Gasteiger partial charge in [0.25, 0.3) is 0 Å². The molecule has 38 heavy (non-hydrogen) atoms. The van der Waals surface area contributed by atoms with Crippen molar-refractivity contribution in [1.82, 2.24) is 0 Å². The molecular weight excluding hydrogens is 464 g/mol. The molecule has 0 radical (unpaired) electrons. The highest BCUT2D eigenvalue weighted by Crippen LogP contribution is 2.48. The van der Waals surface area contributed by atoms with Crippen LogP contribution in [-0.2, 0) is 21.0 Å². The van der Waals surface area contributed by atoms with Gasteiger partial charge in [0.1, 0.15) is 11.2 Å². The van der Waals surface area contributed by atoms with Crippen LogP contribution in [0.25, 0.3) is 0 Å². The van der Waals surface area contributed by atoms with E-state index in [4.69, 9.17) is 9.78 Å². The van der Waals surface area contributed by atoms with Gasteiger partial charge in [-0.3, -0.25) is 0 Å². The van der Waals surface area contributed by atoms with Gasteiger partial charge in [-0.1, -0.05) is 143 Å². The zero-order valence-corrected chi connectivity index (χ0v) is 26.8. The third-order valence-electron chi connectivity index (χ3n) is 8.64. The van der Waals surface area contributed by atoms with Gasteiger partial charge < -0.3 is 0 Å². The van der Waals surface area contributed by atoms with Gasteiger partial charge in [0.05, 0.1) is 0 Å². The molecule has 0 fully saturated rings. The van der Waals surface area contributed by atoms with E-state index in [1.165, 1.54) is 0 Å². The van der Waals surface area contributed by atoms with Gasteiger partial charge in [0, 0.05) is 0 Å². The maximum Gasteiger partial charge on any atom is 0.126 e. The first-order chi connectivity index (χ1) is 17.4. The minimum atomic E-state index is -0.586. The van der Waals surface area contributed by atoms with Crippen LogP contribution in [0.2, 0.25) is 0 Å². The van der Waals surface area contributed by atoms with Crippen LogP contribution in [0, 0.1) is 21.7 Å². The molecule has 0 heterocycles. The monoisotopic (exact) mass is 522 g/mol. The predicted molar refractivity (Wildman–Crippen MR) is 164 cm³/mol. The van der Waals surface area contributed by atoms with Crippen LogP contribution in [0.15, 0.2) is 60.7 Å². The third kappa shape index (κ3) is 9.53. The zero-order chi connectivity index (χ0) is 28.9. The maximum atomic E-state index is 6.72. The molecule has 2 unspecified atom stereocenters. The maximum absolute atomic E-state index is 6.72. The van der Waals surface area contributed by atoms with Gasteiger partial charge in [-0.15, -0.1) is 0 Å². The van der Waals surface area contributed by atoms with Crippen LogP contribution < -0.4 is 0 Å². The molecule has 0 bridgehead atoms. The lowest BCUT2D eigenvalue weighted by atomic mass is 9.68. The van der Waals surface area contributed by atoms with E-state index in [1.54, 1.807) is 0 Å². The Morgan fingerprint density at radius 1 is 0.421 bits per heavy atom. The van der Waals surface area contributed by atoms with Crippen molar-refractivity contribution in [2.45, 2.75) is 133 Å². The number of rotatable bonds is 15. The van der Waals surface area contributed by atoms with E-state index in [9.17, 15) is 0 Å². The van der Waals surface area contributed by atoms with Crippen molar-refractivity contribution < 1.29 is 9.78 Å². The fourth-order valence-corrected chi connectivity index (χ4v) is 6.92. The molecule has 2 aromatic carbocycles. The lowest BCUT2D eigenvalue weighted by Gasteiger charge is -2.44. The van der Waals surface area contributed by atoms with Gasteiger partial charge in [0.2, 0.25) is 0 Å². The van der Waals surface area contributed by atoms with Crippen molar-refractivity contribution in [3.63, 3.8) is 0 Å². The first-order valence-corrected chi connectivity index (χ1v) is 14.8. The Morgan fingerprint density at radius 2 is 0.711 bits per heavy atom. The van der Waals surface area contributed by atoms with Crippen molar-refractivity contribution in [1.29, 1.82) is 0 Å². The lowest BCUT2D eigenvalue weighted by molar-refractivity contribution is -0.425. The van der Waals surface area contributed by atoms with Gasteiger partial charge in [-0.25, -0.2) is 9.78 Å². The summed E-state index contributed by atoms with van der Waals surface area (Å²) in [5, 5.41) is 0. The van der Waals surface area contributed by atoms with Crippen molar-refractivity contribution in [3.05, 3.63) is 71.8 Å². The fraction of sp³-hybridized carbons (Fsp3) is 0.667. The van der Waals surface area contributed by atoms with E-state index in [0.717, 1.165) is 49.7 Å². The van der Waals surface area contributed by atoms with Crippen LogP contribution in [0.5, 0.6) is 0 Å². The van der Waals surface area contributed by atoms with E-state index in [2.05, 4.69) is 144 Å². The summed E-state index contributed by atoms with van der Waals surface area (Å²) in [7, 11) is 0. The number of benzene rings is 2. The van der Waals surface area contributed by atoms with Crippen molar-refractivity contribution in [2.75, 3.05) is 0 Å². The second-order valence-electron chi connectivity index (χ2n) is 15.4. The number of hydrogen-bond acceptors (Lipinski definition) is 2. The fourth-order valence-electron chi connectivity index (χ4n) is 6.92. The molecule has 0 spiro atoms. The summed E-state index contributed by atoms with van der Waals surface area (Å²) >= 11 is 0. The molecule has 0 saturated carbocycles. The molecule has 0 aliphatic carbocycles. The minimum Gasteiger partial charge on any atom is -0.225 e. The smallest absolute Gasteiger partial charge is 0.126 e. The molecule has 0 aromatic heterocycles. The first-order valence-electron chi connectivity index (χ1n) is 14.8. The lowest BCUT2D eigenvalue weighted by Crippen LogP contribution is -2.40. The quantitative estimate of drug-likeness (QED) is 0.171. The largest absolute Gasteiger partial charge is 0.225 e. The van der Waals surface area contributed by atoms with Gasteiger partial charge in [-0.2, -0.15) is 0 Å². The molecular formula is C36H58O2. The number of hydrogen-bond donors (Lipinski definition) is 0. The highest BCUT2D eigenvalue weighted by molar-refractivity contribution is 5.24. The SMILES string of the molecule is CCC(C)(C)CC(C)(C)CC(C)(OOC(C)(CC(C)(C)CC(C)(C)CC)c1ccccc1)c1ccccc1. The van der Waals surface area contributed by atoms with Gasteiger partial charge in [-0.05, 0) is 72.3 Å². The summed E-state index contributed by atoms with van der Waals surface area (Å²) < 4.78 is 0. The molecule has 2 atom stereocenters. The second-order valence-corrected chi connectivity index (χ2v) is 15.4. The molecule has 2 aromatic rings. The summed E-state index contributed by atoms with van der Waals surface area (Å²) in [6.07, 6.45) is 6.29. The predicted octanol–water partition coefficient (Wildman–Crippen LogP) is 11.3. The minimum absolute atomic E-state index is 0.0705. The molecule has 0 aliphatic heterocycles.